The molecule has 3 rings (SSSR count). The SMILES string of the molecule is COCc1cc(=O)oc2cc(Oc3ncnc(N(C)CC(=O)OC(C)(C)C)c3[N+](=O)[O-])ccc12. The van der Waals surface area contributed by atoms with Crippen LogP contribution >= 0.6 is 0 Å². The summed E-state index contributed by atoms with van der Waals surface area (Å²) in [6.07, 6.45) is 1.08. The molecule has 0 aliphatic rings. The molecule has 1 aromatic carbocycles. The second-order valence-electron chi connectivity index (χ2n) is 8.33. The highest BCUT2D eigenvalue weighted by molar-refractivity contribution is 5.82. The molecular formula is C22H24N4O8. The molecule has 12 heteroatoms. The minimum absolute atomic E-state index is 0.129. The average Bonchev–Trinajstić information content (AvgIpc) is 2.71. The lowest BCUT2D eigenvalue weighted by Gasteiger charge is -2.23. The van der Waals surface area contributed by atoms with Crippen molar-refractivity contribution in [1.29, 1.82) is 0 Å². The van der Waals surface area contributed by atoms with Crippen molar-refractivity contribution in [3.8, 4) is 11.6 Å². The van der Waals surface area contributed by atoms with Gasteiger partial charge in [-0.25, -0.2) is 9.78 Å². The molecule has 0 N–H and O–H groups in total. The van der Waals surface area contributed by atoms with Crippen LogP contribution in [0.15, 0.2) is 39.8 Å². The van der Waals surface area contributed by atoms with Crippen molar-refractivity contribution in [3.63, 3.8) is 0 Å². The van der Waals surface area contributed by atoms with Gasteiger partial charge in [0, 0.05) is 31.7 Å². The molecule has 0 saturated carbocycles. The third-order valence-electron chi connectivity index (χ3n) is 4.42. The number of benzene rings is 1. The number of rotatable bonds is 8. The van der Waals surface area contributed by atoms with E-state index in [0.717, 1.165) is 6.33 Å². The van der Waals surface area contributed by atoms with E-state index in [1.165, 1.54) is 31.2 Å². The van der Waals surface area contributed by atoms with Crippen molar-refractivity contribution in [2.75, 3.05) is 25.6 Å². The number of hydrogen-bond donors (Lipinski definition) is 0. The van der Waals surface area contributed by atoms with Gasteiger partial charge >= 0.3 is 23.2 Å². The summed E-state index contributed by atoms with van der Waals surface area (Å²) in [5.74, 6) is -0.911. The molecule has 0 saturated heterocycles. The molecule has 180 valence electrons. The van der Waals surface area contributed by atoms with Gasteiger partial charge in [0.05, 0.1) is 11.5 Å². The Bertz CT molecular complexity index is 1280. The molecule has 0 amide bonds. The zero-order valence-corrected chi connectivity index (χ0v) is 19.4. The van der Waals surface area contributed by atoms with E-state index >= 15 is 0 Å². The molecule has 2 heterocycles. The molecule has 0 atom stereocenters. The topological polar surface area (TPSA) is 147 Å². The molecule has 3 aromatic rings. The number of methoxy groups -OCH3 is 1. The van der Waals surface area contributed by atoms with Crippen LogP contribution in [-0.2, 0) is 20.9 Å². The Hall–Kier alpha value is -4.06. The van der Waals surface area contributed by atoms with E-state index in [0.29, 0.717) is 10.9 Å². The number of esters is 1. The van der Waals surface area contributed by atoms with E-state index < -0.39 is 27.8 Å². The molecule has 0 spiro atoms. The zero-order valence-electron chi connectivity index (χ0n) is 19.4. The van der Waals surface area contributed by atoms with Crippen LogP contribution in [0.3, 0.4) is 0 Å². The highest BCUT2D eigenvalue weighted by atomic mass is 16.6. The number of aromatic nitrogens is 2. The number of fused-ring (bicyclic) bond motifs is 1. The van der Waals surface area contributed by atoms with E-state index in [9.17, 15) is 19.7 Å². The minimum atomic E-state index is -0.710. The Morgan fingerprint density at radius 3 is 2.62 bits per heavy atom. The predicted octanol–water partition coefficient (Wildman–Crippen LogP) is 3.21. The van der Waals surface area contributed by atoms with Crippen LogP contribution in [0.2, 0.25) is 0 Å². The van der Waals surface area contributed by atoms with Gasteiger partial charge in [-0.3, -0.25) is 14.9 Å². The van der Waals surface area contributed by atoms with Gasteiger partial charge in [0.25, 0.3) is 0 Å². The normalized spacial score (nSPS) is 11.3. The fourth-order valence-electron chi connectivity index (χ4n) is 3.17. The first-order valence-corrected chi connectivity index (χ1v) is 10.1. The first-order valence-electron chi connectivity index (χ1n) is 10.1. The first-order chi connectivity index (χ1) is 16.0. The van der Waals surface area contributed by atoms with Gasteiger partial charge < -0.3 is 23.5 Å². The van der Waals surface area contributed by atoms with E-state index in [-0.39, 0.29) is 36.2 Å². The number of hydrogen-bond acceptors (Lipinski definition) is 11. The van der Waals surface area contributed by atoms with Gasteiger partial charge in [0.2, 0.25) is 5.82 Å². The van der Waals surface area contributed by atoms with Gasteiger partial charge in [0.15, 0.2) is 0 Å². The molecule has 0 aliphatic carbocycles. The number of ether oxygens (including phenoxy) is 3. The van der Waals surface area contributed by atoms with Gasteiger partial charge in [-0.05, 0) is 38.5 Å². The summed E-state index contributed by atoms with van der Waals surface area (Å²) in [5.41, 5.74) is -0.979. The van der Waals surface area contributed by atoms with Gasteiger partial charge in [0.1, 0.15) is 29.8 Å². The lowest BCUT2D eigenvalue weighted by molar-refractivity contribution is -0.385. The van der Waals surface area contributed by atoms with Crippen LogP contribution in [0.25, 0.3) is 11.0 Å². The van der Waals surface area contributed by atoms with Crippen molar-refractivity contribution >= 4 is 28.4 Å². The van der Waals surface area contributed by atoms with Gasteiger partial charge in [-0.1, -0.05) is 0 Å². The predicted molar refractivity (Wildman–Crippen MR) is 121 cm³/mol. The molecule has 2 aromatic heterocycles. The van der Waals surface area contributed by atoms with Crippen LogP contribution in [0.1, 0.15) is 26.3 Å². The highest BCUT2D eigenvalue weighted by Gasteiger charge is 2.29. The maximum atomic E-state index is 12.2. The third kappa shape index (κ3) is 5.84. The highest BCUT2D eigenvalue weighted by Crippen LogP contribution is 2.36. The number of nitrogens with zero attached hydrogens (tertiary/aromatic N) is 4. The van der Waals surface area contributed by atoms with Crippen molar-refractivity contribution < 1.29 is 28.3 Å². The smallest absolute Gasteiger partial charge is 0.373 e. The van der Waals surface area contributed by atoms with Crippen molar-refractivity contribution in [2.24, 2.45) is 0 Å². The summed E-state index contributed by atoms with van der Waals surface area (Å²) in [7, 11) is 2.97. The molecule has 0 unspecified atom stereocenters. The van der Waals surface area contributed by atoms with Crippen molar-refractivity contribution in [3.05, 3.63) is 56.7 Å². The van der Waals surface area contributed by atoms with E-state index in [1.807, 2.05) is 0 Å². The second-order valence-corrected chi connectivity index (χ2v) is 8.33. The molecular weight excluding hydrogens is 448 g/mol. The van der Waals surface area contributed by atoms with Gasteiger partial charge in [-0.2, -0.15) is 4.98 Å². The number of likely N-dealkylation sites (N-methyl/N-ethyl adjacent to an activating group) is 1. The van der Waals surface area contributed by atoms with E-state index in [2.05, 4.69) is 9.97 Å². The van der Waals surface area contributed by atoms with Crippen LogP contribution in [0.5, 0.6) is 11.6 Å². The van der Waals surface area contributed by atoms with Crippen molar-refractivity contribution in [1.82, 2.24) is 9.97 Å². The molecule has 0 fully saturated rings. The Morgan fingerprint density at radius 1 is 1.24 bits per heavy atom. The largest absolute Gasteiger partial charge is 0.459 e. The van der Waals surface area contributed by atoms with E-state index in [4.69, 9.17) is 18.6 Å². The Morgan fingerprint density at radius 2 is 1.97 bits per heavy atom. The monoisotopic (exact) mass is 472 g/mol. The van der Waals surface area contributed by atoms with Crippen LogP contribution < -0.4 is 15.3 Å². The number of nitro groups is 1. The Kier molecular flexibility index (Phi) is 7.11. The summed E-state index contributed by atoms with van der Waals surface area (Å²) in [4.78, 5) is 44.3. The fourth-order valence-corrected chi connectivity index (χ4v) is 3.17. The van der Waals surface area contributed by atoms with Crippen LogP contribution in [-0.4, -0.2) is 47.2 Å². The third-order valence-corrected chi connectivity index (χ3v) is 4.42. The lowest BCUT2D eigenvalue weighted by Crippen LogP contribution is -2.33. The number of carbonyl (C=O) groups excluding carboxylic acids is 1. The maximum Gasteiger partial charge on any atom is 0.373 e. The summed E-state index contributed by atoms with van der Waals surface area (Å²) in [5, 5.41) is 12.5. The second kappa shape index (κ2) is 9.83. The zero-order chi connectivity index (χ0) is 25.0. The van der Waals surface area contributed by atoms with Crippen LogP contribution in [0, 0.1) is 10.1 Å². The molecule has 34 heavy (non-hydrogen) atoms. The standard InChI is InChI=1S/C22H24N4O8/c1-22(2,3)34-18(28)10-25(4)20-19(26(29)30)21(24-12-23-20)32-14-6-7-15-13(11-31-5)8-17(27)33-16(15)9-14/h6-9,12H,10-11H2,1-5H3. The van der Waals surface area contributed by atoms with Crippen LogP contribution in [0.4, 0.5) is 11.5 Å². The number of carbonyl (C=O) groups is 1. The molecule has 0 aliphatic heterocycles. The maximum absolute atomic E-state index is 12.2. The van der Waals surface area contributed by atoms with Gasteiger partial charge in [-0.15, -0.1) is 0 Å². The molecule has 0 radical (unpaired) electrons. The Labute approximate surface area is 194 Å². The first kappa shape index (κ1) is 24.6. The number of anilines is 1. The average molecular weight is 472 g/mol. The minimum Gasteiger partial charge on any atom is -0.459 e. The van der Waals surface area contributed by atoms with E-state index in [1.54, 1.807) is 32.9 Å². The fraction of sp³-hybridized carbons (Fsp3) is 0.364. The summed E-state index contributed by atoms with van der Waals surface area (Å²) in [6, 6.07) is 5.95. The Balaban J connectivity index is 1.95. The van der Waals surface area contributed by atoms with Crippen molar-refractivity contribution in [2.45, 2.75) is 33.0 Å². The molecule has 0 bridgehead atoms. The molecule has 12 nitrogen and oxygen atoms in total. The lowest BCUT2D eigenvalue weighted by atomic mass is 10.1. The summed E-state index contributed by atoms with van der Waals surface area (Å²) < 4.78 is 21.3. The summed E-state index contributed by atoms with van der Waals surface area (Å²) in [6.45, 7) is 5.07. The quantitative estimate of drug-likeness (QED) is 0.206. The summed E-state index contributed by atoms with van der Waals surface area (Å²) >= 11 is 0.